The first-order chi connectivity index (χ1) is 15.6. The standard InChI is InChI=1S/C22H20N4O3S3/c1-2-29-15-9-7-14(8-10-15)17-11-31-21(24-17)25-19(27)12-30-13-20(28)26-22-23-16-5-3-4-6-18(16)32-22/h3-11H,2,12-13H2,1H3,(H,23,26,28)(H,24,25,27). The van der Waals surface area contributed by atoms with Crippen molar-refractivity contribution in [1.29, 1.82) is 0 Å². The minimum Gasteiger partial charge on any atom is -0.494 e. The lowest BCUT2D eigenvalue weighted by molar-refractivity contribution is -0.114. The number of aromatic nitrogens is 2. The molecule has 0 bridgehead atoms. The second-order valence-electron chi connectivity index (χ2n) is 6.57. The van der Waals surface area contributed by atoms with E-state index in [-0.39, 0.29) is 23.3 Å². The van der Waals surface area contributed by atoms with E-state index in [2.05, 4.69) is 20.6 Å². The van der Waals surface area contributed by atoms with Crippen LogP contribution in [0, 0.1) is 0 Å². The maximum atomic E-state index is 12.2. The minimum absolute atomic E-state index is 0.158. The maximum Gasteiger partial charge on any atom is 0.236 e. The molecule has 0 saturated carbocycles. The number of para-hydroxylation sites is 1. The zero-order chi connectivity index (χ0) is 22.3. The molecular weight excluding hydrogens is 464 g/mol. The van der Waals surface area contributed by atoms with Gasteiger partial charge in [0.05, 0.1) is 34.0 Å². The molecule has 0 spiro atoms. The smallest absolute Gasteiger partial charge is 0.236 e. The van der Waals surface area contributed by atoms with Gasteiger partial charge in [-0.2, -0.15) is 0 Å². The molecule has 2 N–H and O–H groups in total. The summed E-state index contributed by atoms with van der Waals surface area (Å²) in [5.74, 6) is 0.748. The van der Waals surface area contributed by atoms with Crippen molar-refractivity contribution in [2.45, 2.75) is 6.92 Å². The Balaban J connectivity index is 1.22. The number of thioether (sulfide) groups is 1. The number of fused-ring (bicyclic) bond motifs is 1. The van der Waals surface area contributed by atoms with Gasteiger partial charge < -0.3 is 15.4 Å². The van der Waals surface area contributed by atoms with Gasteiger partial charge in [0, 0.05) is 10.9 Å². The molecule has 164 valence electrons. The number of nitrogens with zero attached hydrogens (tertiary/aromatic N) is 2. The van der Waals surface area contributed by atoms with Crippen molar-refractivity contribution >= 4 is 66.7 Å². The zero-order valence-corrected chi connectivity index (χ0v) is 19.6. The van der Waals surface area contributed by atoms with Gasteiger partial charge in [0.15, 0.2) is 10.3 Å². The van der Waals surface area contributed by atoms with Crippen molar-refractivity contribution in [2.24, 2.45) is 0 Å². The number of hydrogen-bond donors (Lipinski definition) is 2. The van der Waals surface area contributed by atoms with E-state index in [0.29, 0.717) is 16.9 Å². The normalized spacial score (nSPS) is 10.8. The molecule has 0 aliphatic rings. The van der Waals surface area contributed by atoms with Crippen LogP contribution in [0.25, 0.3) is 21.5 Å². The minimum atomic E-state index is -0.199. The van der Waals surface area contributed by atoms with Crippen LogP contribution in [0.2, 0.25) is 0 Å². The average Bonchev–Trinajstić information content (AvgIpc) is 3.41. The van der Waals surface area contributed by atoms with Crippen molar-refractivity contribution in [3.05, 3.63) is 53.9 Å². The van der Waals surface area contributed by atoms with Crippen LogP contribution >= 0.6 is 34.4 Å². The highest BCUT2D eigenvalue weighted by Crippen LogP contribution is 2.27. The molecule has 2 aromatic heterocycles. The van der Waals surface area contributed by atoms with Gasteiger partial charge in [0.1, 0.15) is 5.75 Å². The molecule has 0 radical (unpaired) electrons. The quantitative estimate of drug-likeness (QED) is 0.342. The summed E-state index contributed by atoms with van der Waals surface area (Å²) >= 11 is 4.03. The van der Waals surface area contributed by atoms with E-state index in [9.17, 15) is 9.59 Å². The number of hydrogen-bond acceptors (Lipinski definition) is 8. The van der Waals surface area contributed by atoms with E-state index in [1.165, 1.54) is 34.4 Å². The largest absolute Gasteiger partial charge is 0.494 e. The molecule has 10 heteroatoms. The summed E-state index contributed by atoms with van der Waals surface area (Å²) in [6, 6.07) is 15.4. The first kappa shape index (κ1) is 22.3. The first-order valence-corrected chi connectivity index (χ1v) is 12.7. The van der Waals surface area contributed by atoms with Crippen LogP contribution in [-0.2, 0) is 9.59 Å². The van der Waals surface area contributed by atoms with E-state index in [4.69, 9.17) is 4.74 Å². The highest BCUT2D eigenvalue weighted by molar-refractivity contribution is 8.00. The number of thiazole rings is 2. The SMILES string of the molecule is CCOc1ccc(-c2csc(NC(=O)CSCC(=O)Nc3nc4ccccc4s3)n2)cc1. The van der Waals surface area contributed by atoms with Crippen LogP contribution in [0.1, 0.15) is 6.92 Å². The highest BCUT2D eigenvalue weighted by atomic mass is 32.2. The van der Waals surface area contributed by atoms with Crippen molar-refractivity contribution < 1.29 is 14.3 Å². The van der Waals surface area contributed by atoms with E-state index in [1.807, 2.05) is 60.8 Å². The Bertz CT molecular complexity index is 1190. The summed E-state index contributed by atoms with van der Waals surface area (Å²) in [6.45, 7) is 2.56. The molecule has 4 aromatic rings. The Morgan fingerprint density at radius 1 is 0.969 bits per heavy atom. The summed E-state index contributed by atoms with van der Waals surface area (Å²) in [5, 5.41) is 8.55. The summed E-state index contributed by atoms with van der Waals surface area (Å²) in [6.07, 6.45) is 0. The summed E-state index contributed by atoms with van der Waals surface area (Å²) in [7, 11) is 0. The van der Waals surface area contributed by atoms with Crippen molar-refractivity contribution in [1.82, 2.24) is 9.97 Å². The van der Waals surface area contributed by atoms with Gasteiger partial charge in [-0.1, -0.05) is 23.5 Å². The number of ether oxygens (including phenoxy) is 1. The molecule has 0 unspecified atom stereocenters. The third-order valence-electron chi connectivity index (χ3n) is 4.22. The van der Waals surface area contributed by atoms with E-state index in [0.717, 1.165) is 27.2 Å². The Kier molecular flexibility index (Phi) is 7.35. The monoisotopic (exact) mass is 484 g/mol. The van der Waals surface area contributed by atoms with Crippen molar-refractivity contribution in [2.75, 3.05) is 28.7 Å². The first-order valence-electron chi connectivity index (χ1n) is 9.82. The lowest BCUT2D eigenvalue weighted by Crippen LogP contribution is -2.18. The van der Waals surface area contributed by atoms with E-state index in [1.54, 1.807) is 0 Å². The Hall–Kier alpha value is -2.95. The molecule has 2 heterocycles. The predicted molar refractivity (Wildman–Crippen MR) is 133 cm³/mol. The number of amides is 2. The van der Waals surface area contributed by atoms with Crippen LogP contribution < -0.4 is 15.4 Å². The second-order valence-corrected chi connectivity index (χ2v) is 9.45. The third-order valence-corrected chi connectivity index (χ3v) is 6.86. The van der Waals surface area contributed by atoms with Crippen molar-refractivity contribution in [3.8, 4) is 17.0 Å². The summed E-state index contributed by atoms with van der Waals surface area (Å²) in [4.78, 5) is 33.2. The summed E-state index contributed by atoms with van der Waals surface area (Å²) in [5.41, 5.74) is 2.59. The topological polar surface area (TPSA) is 93.2 Å². The molecule has 0 fully saturated rings. The van der Waals surface area contributed by atoms with Crippen LogP contribution in [0.15, 0.2) is 53.9 Å². The number of anilines is 2. The van der Waals surface area contributed by atoms with Gasteiger partial charge in [0.25, 0.3) is 0 Å². The molecule has 0 saturated heterocycles. The lowest BCUT2D eigenvalue weighted by atomic mass is 10.2. The lowest BCUT2D eigenvalue weighted by Gasteiger charge is -2.03. The van der Waals surface area contributed by atoms with Gasteiger partial charge in [0.2, 0.25) is 11.8 Å². The van der Waals surface area contributed by atoms with Gasteiger partial charge in [-0.3, -0.25) is 9.59 Å². The Morgan fingerprint density at radius 3 is 2.41 bits per heavy atom. The van der Waals surface area contributed by atoms with Crippen LogP contribution in [0.3, 0.4) is 0 Å². The molecule has 0 atom stereocenters. The zero-order valence-electron chi connectivity index (χ0n) is 17.2. The molecule has 4 rings (SSSR count). The number of carbonyl (C=O) groups is 2. The Morgan fingerprint density at radius 2 is 1.69 bits per heavy atom. The Labute approximate surface area is 197 Å². The van der Waals surface area contributed by atoms with Gasteiger partial charge >= 0.3 is 0 Å². The summed E-state index contributed by atoms with van der Waals surface area (Å²) < 4.78 is 6.46. The fraction of sp³-hybridized carbons (Fsp3) is 0.182. The van der Waals surface area contributed by atoms with Gasteiger partial charge in [-0.25, -0.2) is 9.97 Å². The molecule has 2 amide bonds. The third kappa shape index (κ3) is 5.84. The number of nitrogens with one attached hydrogen (secondary N) is 2. The van der Waals surface area contributed by atoms with Crippen LogP contribution in [-0.4, -0.2) is 39.9 Å². The molecule has 32 heavy (non-hydrogen) atoms. The van der Waals surface area contributed by atoms with Crippen LogP contribution in [0.4, 0.5) is 10.3 Å². The maximum absolute atomic E-state index is 12.2. The second kappa shape index (κ2) is 10.6. The number of benzene rings is 2. The van der Waals surface area contributed by atoms with Gasteiger partial charge in [-0.05, 0) is 43.3 Å². The molecule has 0 aliphatic carbocycles. The molecule has 0 aliphatic heterocycles. The molecule has 2 aromatic carbocycles. The average molecular weight is 485 g/mol. The number of rotatable bonds is 9. The highest BCUT2D eigenvalue weighted by Gasteiger charge is 2.11. The van der Waals surface area contributed by atoms with E-state index >= 15 is 0 Å². The fourth-order valence-electron chi connectivity index (χ4n) is 2.83. The predicted octanol–water partition coefficient (Wildman–Crippen LogP) is 5.13. The van der Waals surface area contributed by atoms with Gasteiger partial charge in [-0.15, -0.1) is 23.1 Å². The van der Waals surface area contributed by atoms with E-state index < -0.39 is 0 Å². The molecule has 7 nitrogen and oxygen atoms in total. The van der Waals surface area contributed by atoms with Crippen LogP contribution in [0.5, 0.6) is 5.75 Å². The fourth-order valence-corrected chi connectivity index (χ4v) is 5.06. The van der Waals surface area contributed by atoms with Crippen molar-refractivity contribution in [3.63, 3.8) is 0 Å². The number of carbonyl (C=O) groups excluding carboxylic acids is 2. The molecular formula is C22H20N4O3S3.